The Morgan fingerprint density at radius 2 is 1.67 bits per heavy atom. The fourth-order valence-electron chi connectivity index (χ4n) is 3.88. The molecule has 0 aliphatic heterocycles. The van der Waals surface area contributed by atoms with E-state index in [2.05, 4.69) is 4.98 Å². The second-order valence-corrected chi connectivity index (χ2v) is 9.90. The van der Waals surface area contributed by atoms with Crippen LogP contribution >= 0.6 is 0 Å². The Labute approximate surface area is 193 Å². The van der Waals surface area contributed by atoms with Crippen molar-refractivity contribution in [2.45, 2.75) is 31.4 Å². The number of aromatic nitrogens is 2. The maximum absolute atomic E-state index is 13.6. The van der Waals surface area contributed by atoms with E-state index >= 15 is 0 Å². The van der Waals surface area contributed by atoms with Gasteiger partial charge in [-0.3, -0.25) is 4.31 Å². The topological polar surface area (TPSA) is 86.5 Å². The SMILES string of the molecule is COc1ccc(N(CC(O)C[n+]2c(C)[nH]c3ccccc32)S(=O)(=O)c2ccc(C)cc2)cc1. The number of para-hydroxylation sites is 2. The molecular formula is C25H28N3O4S+. The molecule has 0 fully saturated rings. The molecule has 0 amide bonds. The zero-order valence-corrected chi connectivity index (χ0v) is 19.7. The number of hydrogen-bond donors (Lipinski definition) is 2. The highest BCUT2D eigenvalue weighted by molar-refractivity contribution is 7.92. The zero-order chi connectivity index (χ0) is 23.6. The van der Waals surface area contributed by atoms with E-state index in [1.54, 1.807) is 55.6 Å². The summed E-state index contributed by atoms with van der Waals surface area (Å²) in [4.78, 5) is 3.47. The summed E-state index contributed by atoms with van der Waals surface area (Å²) < 4.78 is 35.6. The van der Waals surface area contributed by atoms with Crippen LogP contribution in [0.2, 0.25) is 0 Å². The number of imidazole rings is 1. The van der Waals surface area contributed by atoms with Gasteiger partial charge in [0.05, 0.1) is 24.2 Å². The van der Waals surface area contributed by atoms with Crippen molar-refractivity contribution in [3.63, 3.8) is 0 Å². The molecule has 0 saturated heterocycles. The van der Waals surface area contributed by atoms with Gasteiger partial charge in [0.25, 0.3) is 15.8 Å². The number of aliphatic hydroxyl groups is 1. The number of benzene rings is 3. The van der Waals surface area contributed by atoms with Crippen molar-refractivity contribution in [2.75, 3.05) is 18.0 Å². The van der Waals surface area contributed by atoms with E-state index in [0.29, 0.717) is 11.4 Å². The van der Waals surface area contributed by atoms with Crippen LogP contribution in [-0.4, -0.2) is 38.3 Å². The van der Waals surface area contributed by atoms with E-state index in [-0.39, 0.29) is 18.0 Å². The number of methoxy groups -OCH3 is 1. The predicted molar refractivity (Wildman–Crippen MR) is 128 cm³/mol. The number of rotatable bonds is 8. The van der Waals surface area contributed by atoms with Gasteiger partial charge < -0.3 is 9.84 Å². The molecule has 0 aliphatic rings. The first-order valence-electron chi connectivity index (χ1n) is 10.7. The molecule has 7 nitrogen and oxygen atoms in total. The number of sulfonamides is 1. The fourth-order valence-corrected chi connectivity index (χ4v) is 5.38. The second kappa shape index (κ2) is 9.25. The molecule has 8 heteroatoms. The Morgan fingerprint density at radius 3 is 2.33 bits per heavy atom. The monoisotopic (exact) mass is 466 g/mol. The fraction of sp³-hybridized carbons (Fsp3) is 0.240. The highest BCUT2D eigenvalue weighted by Crippen LogP contribution is 2.26. The summed E-state index contributed by atoms with van der Waals surface area (Å²) in [5.74, 6) is 1.50. The van der Waals surface area contributed by atoms with Gasteiger partial charge in [0.1, 0.15) is 18.4 Å². The van der Waals surface area contributed by atoms with Crippen LogP contribution in [0.1, 0.15) is 11.4 Å². The minimum absolute atomic E-state index is 0.103. The van der Waals surface area contributed by atoms with Crippen LogP contribution in [0.3, 0.4) is 0 Å². The van der Waals surface area contributed by atoms with E-state index in [4.69, 9.17) is 4.74 Å². The van der Waals surface area contributed by atoms with Gasteiger partial charge in [-0.15, -0.1) is 0 Å². The first-order valence-corrected chi connectivity index (χ1v) is 12.1. The van der Waals surface area contributed by atoms with Crippen LogP contribution < -0.4 is 13.6 Å². The molecule has 0 bridgehead atoms. The average molecular weight is 467 g/mol. The number of ether oxygens (including phenoxy) is 1. The standard InChI is InChI=1S/C25H27N3O4S/c1-18-8-14-23(15-9-18)33(30,31)28(20-10-12-22(32-3)13-11-20)17-21(29)16-27-19(2)26-24-6-4-5-7-25(24)27/h4-15,21,29H,16-17H2,1-3H3/p+1. The van der Waals surface area contributed by atoms with E-state index < -0.39 is 16.1 Å². The lowest BCUT2D eigenvalue weighted by atomic mass is 10.2. The van der Waals surface area contributed by atoms with Gasteiger partial charge >= 0.3 is 0 Å². The Hall–Kier alpha value is -3.36. The normalized spacial score (nSPS) is 12.6. The number of aromatic amines is 1. The lowest BCUT2D eigenvalue weighted by Crippen LogP contribution is -2.47. The maximum atomic E-state index is 13.6. The van der Waals surface area contributed by atoms with Crippen LogP contribution in [0.15, 0.2) is 77.7 Å². The van der Waals surface area contributed by atoms with Crippen molar-refractivity contribution >= 4 is 26.7 Å². The number of aryl methyl sites for hydroxylation is 2. The Balaban J connectivity index is 1.68. The molecular weight excluding hydrogens is 438 g/mol. The van der Waals surface area contributed by atoms with Crippen molar-refractivity contribution < 1.29 is 22.8 Å². The summed E-state index contributed by atoms with van der Waals surface area (Å²) >= 11 is 0. The van der Waals surface area contributed by atoms with E-state index in [9.17, 15) is 13.5 Å². The molecule has 3 aromatic carbocycles. The summed E-state index contributed by atoms with van der Waals surface area (Å²) in [6.07, 6.45) is -0.949. The lowest BCUT2D eigenvalue weighted by Gasteiger charge is -2.26. The van der Waals surface area contributed by atoms with E-state index in [0.717, 1.165) is 22.4 Å². The molecule has 0 radical (unpaired) electrons. The summed E-state index contributed by atoms with van der Waals surface area (Å²) in [6.45, 7) is 3.97. The highest BCUT2D eigenvalue weighted by Gasteiger charge is 2.29. The molecule has 1 unspecified atom stereocenters. The number of aliphatic hydroxyl groups excluding tert-OH is 1. The third-order valence-electron chi connectivity index (χ3n) is 5.65. The van der Waals surface area contributed by atoms with Gasteiger partial charge in [0.2, 0.25) is 0 Å². The molecule has 2 N–H and O–H groups in total. The first kappa shape index (κ1) is 22.8. The molecule has 0 spiro atoms. The van der Waals surface area contributed by atoms with Crippen LogP contribution in [-0.2, 0) is 16.6 Å². The minimum atomic E-state index is -3.90. The van der Waals surface area contributed by atoms with Gasteiger partial charge in [-0.25, -0.2) is 18.0 Å². The van der Waals surface area contributed by atoms with Crippen molar-refractivity contribution in [1.29, 1.82) is 0 Å². The molecule has 172 valence electrons. The van der Waals surface area contributed by atoms with E-state index in [1.807, 2.05) is 42.7 Å². The molecule has 0 saturated carbocycles. The second-order valence-electron chi connectivity index (χ2n) is 8.04. The number of H-pyrrole nitrogens is 1. The van der Waals surface area contributed by atoms with Crippen LogP contribution in [0.25, 0.3) is 11.0 Å². The lowest BCUT2D eigenvalue weighted by molar-refractivity contribution is -0.684. The summed E-state index contributed by atoms with van der Waals surface area (Å²) in [5.41, 5.74) is 3.33. The molecule has 1 heterocycles. The first-order chi connectivity index (χ1) is 15.8. The van der Waals surface area contributed by atoms with Gasteiger partial charge in [-0.05, 0) is 55.5 Å². The number of anilines is 1. The van der Waals surface area contributed by atoms with Crippen molar-refractivity contribution in [2.24, 2.45) is 0 Å². The molecule has 1 atom stereocenters. The molecule has 33 heavy (non-hydrogen) atoms. The molecule has 4 rings (SSSR count). The molecule has 1 aromatic heterocycles. The van der Waals surface area contributed by atoms with Crippen molar-refractivity contribution in [1.82, 2.24) is 4.98 Å². The maximum Gasteiger partial charge on any atom is 0.264 e. The van der Waals surface area contributed by atoms with Gasteiger partial charge in [0.15, 0.2) is 11.0 Å². The van der Waals surface area contributed by atoms with Gasteiger partial charge in [-0.1, -0.05) is 29.8 Å². The van der Waals surface area contributed by atoms with Crippen LogP contribution in [0, 0.1) is 13.8 Å². The van der Waals surface area contributed by atoms with Crippen molar-refractivity contribution in [3.05, 3.63) is 84.2 Å². The largest absolute Gasteiger partial charge is 0.497 e. The summed E-state index contributed by atoms with van der Waals surface area (Å²) in [5, 5.41) is 11.0. The Kier molecular flexibility index (Phi) is 6.40. The Bertz CT molecular complexity index is 1350. The molecule has 0 aliphatic carbocycles. The summed E-state index contributed by atoms with van der Waals surface area (Å²) in [7, 11) is -2.35. The smallest absolute Gasteiger partial charge is 0.264 e. The summed E-state index contributed by atoms with van der Waals surface area (Å²) in [6, 6.07) is 21.3. The number of nitrogens with zero attached hydrogens (tertiary/aromatic N) is 2. The minimum Gasteiger partial charge on any atom is -0.497 e. The third-order valence-corrected chi connectivity index (χ3v) is 7.46. The highest BCUT2D eigenvalue weighted by atomic mass is 32.2. The quantitative estimate of drug-likeness (QED) is 0.390. The Morgan fingerprint density at radius 1 is 1.00 bits per heavy atom. The number of nitrogens with one attached hydrogen (secondary N) is 1. The predicted octanol–water partition coefficient (Wildman–Crippen LogP) is 3.34. The number of fused-ring (bicyclic) bond motifs is 1. The number of hydrogen-bond acceptors (Lipinski definition) is 4. The van der Waals surface area contributed by atoms with Gasteiger partial charge in [0, 0.05) is 6.92 Å². The molecule has 4 aromatic rings. The van der Waals surface area contributed by atoms with Crippen LogP contribution in [0.4, 0.5) is 5.69 Å². The van der Waals surface area contributed by atoms with Crippen LogP contribution in [0.5, 0.6) is 5.75 Å². The van der Waals surface area contributed by atoms with Gasteiger partial charge in [-0.2, -0.15) is 0 Å². The van der Waals surface area contributed by atoms with Crippen molar-refractivity contribution in [3.8, 4) is 5.75 Å². The average Bonchev–Trinajstić information content (AvgIpc) is 3.12. The third kappa shape index (κ3) is 4.72. The zero-order valence-electron chi connectivity index (χ0n) is 18.9. The van der Waals surface area contributed by atoms with E-state index in [1.165, 1.54) is 4.31 Å².